The number of methoxy groups -OCH3 is 1. The molecule has 0 radical (unpaired) electrons. The van der Waals surface area contributed by atoms with Crippen LogP contribution in [0.4, 0.5) is 11.4 Å². The van der Waals surface area contributed by atoms with Gasteiger partial charge in [0, 0.05) is 47.4 Å². The molecule has 0 atom stereocenters. The van der Waals surface area contributed by atoms with E-state index in [9.17, 15) is 10.1 Å². The first kappa shape index (κ1) is 20.0. The third kappa shape index (κ3) is 4.03. The first-order valence-electron chi connectivity index (χ1n) is 9.77. The number of nitrogens with zero attached hydrogens (tertiary/aromatic N) is 3. The van der Waals surface area contributed by atoms with Crippen LogP contribution in [0.2, 0.25) is 5.02 Å². The van der Waals surface area contributed by atoms with E-state index >= 15 is 0 Å². The summed E-state index contributed by atoms with van der Waals surface area (Å²) in [5.41, 5.74) is 2.94. The smallest absolute Gasteiger partial charge is 0.227 e. The molecule has 30 heavy (non-hydrogen) atoms. The lowest BCUT2D eigenvalue weighted by Crippen LogP contribution is -2.38. The predicted molar refractivity (Wildman–Crippen MR) is 118 cm³/mol. The van der Waals surface area contributed by atoms with Crippen LogP contribution in [0.15, 0.2) is 48.7 Å². The maximum absolute atomic E-state index is 12.7. The number of fused-ring (bicyclic) bond motifs is 1. The molecule has 1 aliphatic heterocycles. The summed E-state index contributed by atoms with van der Waals surface area (Å²) in [7, 11) is 1.62. The lowest BCUT2D eigenvalue weighted by atomic mass is 9.94. The number of pyridine rings is 1. The second kappa shape index (κ2) is 8.60. The van der Waals surface area contributed by atoms with E-state index < -0.39 is 0 Å². The Hall–Kier alpha value is -3.30. The van der Waals surface area contributed by atoms with Gasteiger partial charge in [-0.15, -0.1) is 0 Å². The third-order valence-corrected chi connectivity index (χ3v) is 5.71. The van der Waals surface area contributed by atoms with Crippen LogP contribution in [0.1, 0.15) is 18.4 Å². The molecule has 1 N–H and O–H groups in total. The van der Waals surface area contributed by atoms with Gasteiger partial charge in [0.15, 0.2) is 0 Å². The molecular weight excluding hydrogens is 400 g/mol. The van der Waals surface area contributed by atoms with Crippen molar-refractivity contribution in [2.24, 2.45) is 5.92 Å². The van der Waals surface area contributed by atoms with Crippen molar-refractivity contribution in [2.45, 2.75) is 12.8 Å². The molecule has 7 heteroatoms. The van der Waals surface area contributed by atoms with E-state index in [2.05, 4.69) is 21.3 Å². The number of anilines is 2. The number of nitriles is 1. The van der Waals surface area contributed by atoms with Gasteiger partial charge in [-0.1, -0.05) is 11.6 Å². The Morgan fingerprint density at radius 1 is 1.23 bits per heavy atom. The van der Waals surface area contributed by atoms with Crippen LogP contribution < -0.4 is 15.0 Å². The molecule has 0 unspecified atom stereocenters. The molecule has 1 aliphatic rings. The lowest BCUT2D eigenvalue weighted by molar-refractivity contribution is -0.120. The first-order chi connectivity index (χ1) is 14.6. The molecule has 0 bridgehead atoms. The number of piperidine rings is 1. The highest BCUT2D eigenvalue weighted by atomic mass is 35.5. The van der Waals surface area contributed by atoms with Crippen molar-refractivity contribution < 1.29 is 9.53 Å². The second-order valence-electron chi connectivity index (χ2n) is 7.27. The number of aromatic nitrogens is 1. The van der Waals surface area contributed by atoms with Crippen molar-refractivity contribution in [1.29, 1.82) is 5.26 Å². The molecule has 0 aliphatic carbocycles. The molecule has 1 fully saturated rings. The largest absolute Gasteiger partial charge is 0.497 e. The summed E-state index contributed by atoms with van der Waals surface area (Å²) >= 11 is 5.90. The lowest BCUT2D eigenvalue weighted by Gasteiger charge is -2.34. The van der Waals surface area contributed by atoms with E-state index in [0.29, 0.717) is 36.5 Å². The van der Waals surface area contributed by atoms with Crippen molar-refractivity contribution in [3.8, 4) is 11.8 Å². The van der Waals surface area contributed by atoms with Crippen LogP contribution >= 0.6 is 11.6 Å². The summed E-state index contributed by atoms with van der Waals surface area (Å²) in [5, 5.41) is 14.1. The molecule has 0 spiro atoms. The topological polar surface area (TPSA) is 78.2 Å². The number of carbonyl (C=O) groups is 1. The molecule has 0 saturated carbocycles. The van der Waals surface area contributed by atoms with Crippen molar-refractivity contribution in [1.82, 2.24) is 4.98 Å². The number of carbonyl (C=O) groups excluding carboxylic acids is 1. The maximum atomic E-state index is 12.7. The molecule has 152 valence electrons. The van der Waals surface area contributed by atoms with Gasteiger partial charge < -0.3 is 15.0 Å². The van der Waals surface area contributed by atoms with Crippen LogP contribution in [0.3, 0.4) is 0 Å². The number of amides is 1. The highest BCUT2D eigenvalue weighted by Gasteiger charge is 2.27. The van der Waals surface area contributed by atoms with Crippen LogP contribution in [0, 0.1) is 17.2 Å². The predicted octanol–water partition coefficient (Wildman–Crippen LogP) is 4.62. The zero-order chi connectivity index (χ0) is 21.1. The summed E-state index contributed by atoms with van der Waals surface area (Å²) in [6, 6.07) is 15.1. The number of nitrogens with one attached hydrogen (secondary N) is 1. The van der Waals surface area contributed by atoms with E-state index in [1.54, 1.807) is 37.6 Å². The molecule has 3 aromatic rings. The number of rotatable bonds is 4. The van der Waals surface area contributed by atoms with Gasteiger partial charge >= 0.3 is 0 Å². The summed E-state index contributed by atoms with van der Waals surface area (Å²) in [6.07, 6.45) is 3.03. The third-order valence-electron chi connectivity index (χ3n) is 5.46. The standard InChI is InChI=1S/C23H21ClN4O2/c1-30-19-6-7-20-21(12-19)26-14-16(13-25)22(20)28-10-8-15(9-11-28)23(29)27-18-4-2-17(24)3-5-18/h2-7,12,14-15H,8-11H2,1H3,(H,27,29). The van der Waals surface area contributed by atoms with Gasteiger partial charge in [-0.25, -0.2) is 0 Å². The minimum absolute atomic E-state index is 0.0156. The van der Waals surface area contributed by atoms with Gasteiger partial charge in [0.25, 0.3) is 0 Å². The van der Waals surface area contributed by atoms with E-state index in [-0.39, 0.29) is 11.8 Å². The van der Waals surface area contributed by atoms with Gasteiger partial charge in [-0.2, -0.15) is 5.26 Å². The summed E-state index contributed by atoms with van der Waals surface area (Å²) in [6.45, 7) is 1.39. The fraction of sp³-hybridized carbons (Fsp3) is 0.261. The van der Waals surface area contributed by atoms with Crippen LogP contribution in [-0.2, 0) is 4.79 Å². The zero-order valence-corrected chi connectivity index (χ0v) is 17.3. The van der Waals surface area contributed by atoms with E-state index in [1.165, 1.54) is 0 Å². The molecular formula is C23H21ClN4O2. The van der Waals surface area contributed by atoms with Crippen LogP contribution in [-0.4, -0.2) is 31.1 Å². The number of hydrogen-bond donors (Lipinski definition) is 1. The number of ether oxygens (including phenoxy) is 1. The summed E-state index contributed by atoms with van der Waals surface area (Å²) < 4.78 is 5.29. The van der Waals surface area contributed by atoms with Crippen molar-refractivity contribution >= 4 is 39.8 Å². The Balaban J connectivity index is 1.51. The average Bonchev–Trinajstić information content (AvgIpc) is 2.79. The van der Waals surface area contributed by atoms with Crippen molar-refractivity contribution in [3.05, 3.63) is 59.2 Å². The van der Waals surface area contributed by atoms with Gasteiger partial charge in [-0.05, 0) is 49.2 Å². The summed E-state index contributed by atoms with van der Waals surface area (Å²) in [4.78, 5) is 19.3. The number of benzene rings is 2. The second-order valence-corrected chi connectivity index (χ2v) is 7.71. The minimum Gasteiger partial charge on any atom is -0.497 e. The Labute approximate surface area is 180 Å². The van der Waals surface area contributed by atoms with Gasteiger partial charge in [0.1, 0.15) is 11.8 Å². The van der Waals surface area contributed by atoms with Crippen LogP contribution in [0.5, 0.6) is 5.75 Å². The minimum atomic E-state index is -0.0735. The fourth-order valence-corrected chi connectivity index (χ4v) is 3.98. The van der Waals surface area contributed by atoms with Gasteiger partial charge in [0.2, 0.25) is 5.91 Å². The molecule has 1 saturated heterocycles. The Morgan fingerprint density at radius 2 is 1.97 bits per heavy atom. The van der Waals surface area contributed by atoms with E-state index in [0.717, 1.165) is 28.0 Å². The van der Waals surface area contributed by atoms with Gasteiger partial charge in [-0.3, -0.25) is 9.78 Å². The highest BCUT2D eigenvalue weighted by molar-refractivity contribution is 6.30. The van der Waals surface area contributed by atoms with Gasteiger partial charge in [0.05, 0.1) is 23.9 Å². The molecule has 2 aromatic carbocycles. The molecule has 1 amide bonds. The first-order valence-corrected chi connectivity index (χ1v) is 10.1. The highest BCUT2D eigenvalue weighted by Crippen LogP contribution is 2.34. The SMILES string of the molecule is COc1ccc2c(N3CCC(C(=O)Nc4ccc(Cl)cc4)CC3)c(C#N)cnc2c1. The Kier molecular flexibility index (Phi) is 5.73. The van der Waals surface area contributed by atoms with E-state index in [4.69, 9.17) is 16.3 Å². The molecule has 1 aromatic heterocycles. The number of halogens is 1. The number of hydrogen-bond acceptors (Lipinski definition) is 5. The Bertz CT molecular complexity index is 1120. The maximum Gasteiger partial charge on any atom is 0.227 e. The normalized spacial score (nSPS) is 14.4. The van der Waals surface area contributed by atoms with Crippen LogP contribution in [0.25, 0.3) is 10.9 Å². The fourth-order valence-electron chi connectivity index (χ4n) is 3.85. The quantitative estimate of drug-likeness (QED) is 0.666. The molecule has 6 nitrogen and oxygen atoms in total. The molecule has 4 rings (SSSR count). The summed E-state index contributed by atoms with van der Waals surface area (Å²) in [5.74, 6) is 0.667. The monoisotopic (exact) mass is 420 g/mol. The van der Waals surface area contributed by atoms with E-state index in [1.807, 2.05) is 18.2 Å². The Morgan fingerprint density at radius 3 is 2.63 bits per heavy atom. The molecule has 2 heterocycles. The van der Waals surface area contributed by atoms with Crippen molar-refractivity contribution in [2.75, 3.05) is 30.4 Å². The van der Waals surface area contributed by atoms with Crippen molar-refractivity contribution in [3.63, 3.8) is 0 Å². The zero-order valence-electron chi connectivity index (χ0n) is 16.6. The average molecular weight is 421 g/mol.